The van der Waals surface area contributed by atoms with Crippen LogP contribution in [0.4, 0.5) is 4.39 Å². The Morgan fingerprint density at radius 2 is 1.90 bits per heavy atom. The molecule has 0 amide bonds. The Labute approximate surface area is 62.1 Å². The minimum Gasteiger partial charge on any atom is -0.212 e. The molecule has 0 aromatic carbocycles. The van der Waals surface area contributed by atoms with Gasteiger partial charge >= 0.3 is 0 Å². The summed E-state index contributed by atoms with van der Waals surface area (Å²) < 4.78 is 12.3. The first-order valence-corrected chi connectivity index (χ1v) is 4.12. The van der Waals surface area contributed by atoms with Crippen molar-refractivity contribution in [2.75, 3.05) is 0 Å². The van der Waals surface area contributed by atoms with Gasteiger partial charge in [0, 0.05) is 6.42 Å². The fraction of sp³-hybridized carbons (Fsp3) is 0.778. The second kappa shape index (κ2) is 3.75. The topological polar surface area (TPSA) is 0 Å². The first kappa shape index (κ1) is 7.77. The van der Waals surface area contributed by atoms with E-state index in [0.29, 0.717) is 12.3 Å². The molecular weight excluding hydrogens is 127 g/mol. The molecule has 1 fully saturated rings. The molecule has 0 aromatic heterocycles. The monoisotopic (exact) mass is 142 g/mol. The summed E-state index contributed by atoms with van der Waals surface area (Å²) in [5.41, 5.74) is 0. The minimum atomic E-state index is -0.132. The van der Waals surface area contributed by atoms with Gasteiger partial charge in [-0.05, 0) is 5.92 Å². The number of hydrogen-bond acceptors (Lipinski definition) is 0. The molecule has 0 saturated heterocycles. The lowest BCUT2D eigenvalue weighted by Crippen LogP contribution is -2.05. The van der Waals surface area contributed by atoms with Crippen molar-refractivity contribution in [3.8, 4) is 0 Å². The van der Waals surface area contributed by atoms with Gasteiger partial charge in [-0.15, -0.1) is 0 Å². The van der Waals surface area contributed by atoms with E-state index in [1.54, 1.807) is 0 Å². The van der Waals surface area contributed by atoms with Crippen LogP contribution in [0.15, 0.2) is 12.4 Å². The summed E-state index contributed by atoms with van der Waals surface area (Å²) in [5, 5.41) is 0. The number of rotatable bonds is 2. The normalized spacial score (nSPS) is 20.9. The van der Waals surface area contributed by atoms with Gasteiger partial charge in [-0.2, -0.15) is 0 Å². The van der Waals surface area contributed by atoms with Crippen molar-refractivity contribution in [1.29, 1.82) is 0 Å². The highest BCUT2D eigenvalue weighted by Gasteiger charge is 2.13. The van der Waals surface area contributed by atoms with E-state index in [0.717, 1.165) is 0 Å². The van der Waals surface area contributed by atoms with Crippen LogP contribution in [0, 0.1) is 5.92 Å². The Morgan fingerprint density at radius 3 is 2.40 bits per heavy atom. The summed E-state index contributed by atoms with van der Waals surface area (Å²) in [5.74, 6) is 0.471. The van der Waals surface area contributed by atoms with Gasteiger partial charge in [-0.3, -0.25) is 0 Å². The number of halogens is 1. The van der Waals surface area contributed by atoms with Gasteiger partial charge in [0.15, 0.2) is 0 Å². The Hall–Kier alpha value is -0.330. The van der Waals surface area contributed by atoms with E-state index in [-0.39, 0.29) is 5.83 Å². The van der Waals surface area contributed by atoms with Crippen LogP contribution in [0.1, 0.15) is 38.5 Å². The highest BCUT2D eigenvalue weighted by Crippen LogP contribution is 2.28. The van der Waals surface area contributed by atoms with E-state index in [1.807, 2.05) is 0 Å². The third-order valence-electron chi connectivity index (χ3n) is 2.23. The molecule has 1 heteroatoms. The highest BCUT2D eigenvalue weighted by molar-refractivity contribution is 4.84. The largest absolute Gasteiger partial charge is 0.212 e. The van der Waals surface area contributed by atoms with Crippen LogP contribution in [-0.2, 0) is 0 Å². The van der Waals surface area contributed by atoms with Crippen molar-refractivity contribution in [2.24, 2.45) is 5.92 Å². The summed E-state index contributed by atoms with van der Waals surface area (Å²) in [6, 6.07) is 0. The predicted molar refractivity (Wildman–Crippen MR) is 41.4 cm³/mol. The molecule has 0 radical (unpaired) electrons. The molecule has 0 bridgehead atoms. The molecule has 0 unspecified atom stereocenters. The Bertz CT molecular complexity index is 112. The molecular formula is C9H15F. The van der Waals surface area contributed by atoms with Gasteiger partial charge < -0.3 is 0 Å². The zero-order chi connectivity index (χ0) is 7.40. The molecule has 1 saturated carbocycles. The first-order chi connectivity index (χ1) is 4.79. The zero-order valence-electron chi connectivity index (χ0n) is 6.41. The van der Waals surface area contributed by atoms with Gasteiger partial charge in [0.1, 0.15) is 0 Å². The maximum absolute atomic E-state index is 12.3. The van der Waals surface area contributed by atoms with Gasteiger partial charge in [-0.25, -0.2) is 4.39 Å². The summed E-state index contributed by atoms with van der Waals surface area (Å²) in [7, 11) is 0. The molecule has 58 valence electrons. The molecule has 0 nitrogen and oxygen atoms in total. The van der Waals surface area contributed by atoms with Crippen molar-refractivity contribution in [3.05, 3.63) is 12.4 Å². The average molecular weight is 142 g/mol. The summed E-state index contributed by atoms with van der Waals surface area (Å²) in [6.45, 7) is 3.28. The first-order valence-electron chi connectivity index (χ1n) is 4.12. The Morgan fingerprint density at radius 1 is 1.30 bits per heavy atom. The molecule has 0 atom stereocenters. The maximum Gasteiger partial charge on any atom is 0.0930 e. The molecule has 0 aromatic rings. The highest BCUT2D eigenvalue weighted by atomic mass is 19.1. The summed E-state index contributed by atoms with van der Waals surface area (Å²) >= 11 is 0. The van der Waals surface area contributed by atoms with Gasteiger partial charge in [0.25, 0.3) is 0 Å². The SMILES string of the molecule is C=C(F)CC1CCCCC1. The predicted octanol–water partition coefficient (Wildman–Crippen LogP) is 3.44. The van der Waals surface area contributed by atoms with E-state index in [2.05, 4.69) is 6.58 Å². The number of hydrogen-bond donors (Lipinski definition) is 0. The van der Waals surface area contributed by atoms with E-state index in [1.165, 1.54) is 32.1 Å². The molecule has 0 N–H and O–H groups in total. The Balaban J connectivity index is 2.19. The molecule has 0 heterocycles. The van der Waals surface area contributed by atoms with Crippen LogP contribution in [-0.4, -0.2) is 0 Å². The standard InChI is InChI=1S/C9H15F/c1-8(10)7-9-5-3-2-4-6-9/h9H,1-7H2. The third kappa shape index (κ3) is 2.51. The van der Waals surface area contributed by atoms with Gasteiger partial charge in [0.2, 0.25) is 0 Å². The second-order valence-corrected chi connectivity index (χ2v) is 3.23. The van der Waals surface area contributed by atoms with E-state index in [4.69, 9.17) is 0 Å². The van der Waals surface area contributed by atoms with Crippen molar-refractivity contribution in [2.45, 2.75) is 38.5 Å². The smallest absolute Gasteiger partial charge is 0.0930 e. The average Bonchev–Trinajstić information content (AvgIpc) is 1.88. The lowest BCUT2D eigenvalue weighted by Gasteiger charge is -2.19. The van der Waals surface area contributed by atoms with Gasteiger partial charge in [-0.1, -0.05) is 38.7 Å². The molecule has 1 rings (SSSR count). The van der Waals surface area contributed by atoms with Crippen LogP contribution in [0.2, 0.25) is 0 Å². The van der Waals surface area contributed by atoms with Crippen LogP contribution in [0.25, 0.3) is 0 Å². The van der Waals surface area contributed by atoms with Crippen molar-refractivity contribution < 1.29 is 4.39 Å². The van der Waals surface area contributed by atoms with Gasteiger partial charge in [0.05, 0.1) is 5.83 Å². The molecule has 0 aliphatic heterocycles. The lowest BCUT2D eigenvalue weighted by molar-refractivity contribution is 0.337. The van der Waals surface area contributed by atoms with Crippen LogP contribution >= 0.6 is 0 Å². The second-order valence-electron chi connectivity index (χ2n) is 3.23. The fourth-order valence-electron chi connectivity index (χ4n) is 1.70. The van der Waals surface area contributed by atoms with E-state index >= 15 is 0 Å². The van der Waals surface area contributed by atoms with Crippen LogP contribution in [0.5, 0.6) is 0 Å². The maximum atomic E-state index is 12.3. The molecule has 1 aliphatic rings. The third-order valence-corrected chi connectivity index (χ3v) is 2.23. The van der Waals surface area contributed by atoms with Crippen molar-refractivity contribution >= 4 is 0 Å². The lowest BCUT2D eigenvalue weighted by atomic mass is 9.87. The molecule has 1 aliphatic carbocycles. The van der Waals surface area contributed by atoms with Crippen LogP contribution < -0.4 is 0 Å². The summed E-state index contributed by atoms with van der Waals surface area (Å²) in [4.78, 5) is 0. The summed E-state index contributed by atoms with van der Waals surface area (Å²) in [6.07, 6.45) is 6.96. The van der Waals surface area contributed by atoms with Crippen LogP contribution in [0.3, 0.4) is 0 Å². The minimum absolute atomic E-state index is 0.132. The fourth-order valence-corrected chi connectivity index (χ4v) is 1.70. The van der Waals surface area contributed by atoms with Crippen molar-refractivity contribution in [3.63, 3.8) is 0 Å². The molecule has 10 heavy (non-hydrogen) atoms. The van der Waals surface area contributed by atoms with E-state index < -0.39 is 0 Å². The van der Waals surface area contributed by atoms with E-state index in [9.17, 15) is 4.39 Å². The number of allylic oxidation sites excluding steroid dienone is 1. The quantitative estimate of drug-likeness (QED) is 0.554. The molecule has 0 spiro atoms. The Kier molecular flexibility index (Phi) is 2.91. The van der Waals surface area contributed by atoms with Crippen molar-refractivity contribution in [1.82, 2.24) is 0 Å². The zero-order valence-corrected chi connectivity index (χ0v) is 6.41.